The molecular weight excluding hydrogens is 193 g/mol. The van der Waals surface area contributed by atoms with Crippen LogP contribution in [0.5, 0.6) is 0 Å². The molecule has 0 radical (unpaired) electrons. The molecule has 1 aliphatic rings. The minimum Gasteiger partial charge on any atom is -0.381 e. The van der Waals surface area contributed by atoms with Crippen molar-refractivity contribution in [2.24, 2.45) is 11.7 Å². The van der Waals surface area contributed by atoms with Crippen molar-refractivity contribution in [3.05, 3.63) is 35.6 Å². The topological polar surface area (TPSA) is 35.2 Å². The van der Waals surface area contributed by atoms with Gasteiger partial charge < -0.3 is 10.5 Å². The highest BCUT2D eigenvalue weighted by atomic mass is 19.1. The quantitative estimate of drug-likeness (QED) is 0.809. The van der Waals surface area contributed by atoms with E-state index < -0.39 is 5.54 Å². The van der Waals surface area contributed by atoms with Gasteiger partial charge in [-0.15, -0.1) is 0 Å². The van der Waals surface area contributed by atoms with E-state index in [9.17, 15) is 4.39 Å². The van der Waals surface area contributed by atoms with Gasteiger partial charge in [0, 0.05) is 23.6 Å². The normalized spacial score (nSPS) is 25.1. The molecule has 1 unspecified atom stereocenters. The fraction of sp³-hybridized carbons (Fsp3) is 0.500. The summed E-state index contributed by atoms with van der Waals surface area (Å²) in [7, 11) is 0. The van der Waals surface area contributed by atoms with Gasteiger partial charge in [-0.1, -0.05) is 18.2 Å². The summed E-state index contributed by atoms with van der Waals surface area (Å²) in [5.41, 5.74) is 6.17. The average Bonchev–Trinajstić information content (AvgIpc) is 2.71. The zero-order valence-electron chi connectivity index (χ0n) is 8.87. The molecule has 0 aromatic heterocycles. The molecule has 1 fully saturated rings. The third-order valence-corrected chi connectivity index (χ3v) is 3.23. The molecule has 0 spiro atoms. The molecule has 2 rings (SSSR count). The number of hydrogen-bond donors (Lipinski definition) is 1. The minimum absolute atomic E-state index is 0.203. The van der Waals surface area contributed by atoms with Crippen molar-refractivity contribution < 1.29 is 9.13 Å². The van der Waals surface area contributed by atoms with Gasteiger partial charge in [0.05, 0.1) is 6.61 Å². The van der Waals surface area contributed by atoms with E-state index in [1.54, 1.807) is 12.1 Å². The van der Waals surface area contributed by atoms with Crippen LogP contribution in [-0.4, -0.2) is 13.2 Å². The predicted octanol–water partition coefficient (Wildman–Crippen LogP) is 2.04. The molecule has 1 aliphatic heterocycles. The Hall–Kier alpha value is -0.930. The molecule has 2 nitrogen and oxygen atoms in total. The first-order chi connectivity index (χ1) is 7.12. The Morgan fingerprint density at radius 2 is 2.20 bits per heavy atom. The lowest BCUT2D eigenvalue weighted by atomic mass is 9.80. The lowest BCUT2D eigenvalue weighted by Gasteiger charge is -2.31. The Morgan fingerprint density at radius 1 is 1.47 bits per heavy atom. The third-order valence-electron chi connectivity index (χ3n) is 3.23. The van der Waals surface area contributed by atoms with Gasteiger partial charge in [-0.2, -0.15) is 0 Å². The maximum Gasteiger partial charge on any atom is 0.128 e. The Bertz CT molecular complexity index is 345. The van der Waals surface area contributed by atoms with Gasteiger partial charge in [0.15, 0.2) is 0 Å². The standard InChI is InChI=1S/C12H16FNO/c1-12(14,9-6-7-15-8-9)10-4-2-3-5-11(10)13/h2-5,9H,6-8,14H2,1H3/t9?,12-/m0/s1. The van der Waals surface area contributed by atoms with Crippen LogP contribution in [0, 0.1) is 11.7 Å². The first kappa shape index (κ1) is 10.6. The fourth-order valence-corrected chi connectivity index (χ4v) is 2.13. The molecule has 1 aromatic rings. The lowest BCUT2D eigenvalue weighted by molar-refractivity contribution is 0.165. The Balaban J connectivity index is 2.31. The van der Waals surface area contributed by atoms with E-state index in [-0.39, 0.29) is 11.7 Å². The van der Waals surface area contributed by atoms with E-state index in [1.165, 1.54) is 6.07 Å². The van der Waals surface area contributed by atoms with Crippen molar-refractivity contribution in [2.45, 2.75) is 18.9 Å². The number of nitrogens with two attached hydrogens (primary N) is 1. The van der Waals surface area contributed by atoms with Crippen molar-refractivity contribution in [1.29, 1.82) is 0 Å². The van der Waals surface area contributed by atoms with Crippen LogP contribution in [-0.2, 0) is 10.3 Å². The van der Waals surface area contributed by atoms with E-state index in [4.69, 9.17) is 10.5 Å². The second-order valence-electron chi connectivity index (χ2n) is 4.32. The summed E-state index contributed by atoms with van der Waals surface area (Å²) in [5, 5.41) is 0. The van der Waals surface area contributed by atoms with E-state index in [1.807, 2.05) is 13.0 Å². The van der Waals surface area contributed by atoms with Gasteiger partial charge in [0.25, 0.3) is 0 Å². The monoisotopic (exact) mass is 209 g/mol. The summed E-state index contributed by atoms with van der Waals surface area (Å²) in [6, 6.07) is 6.71. The highest BCUT2D eigenvalue weighted by molar-refractivity contribution is 5.26. The first-order valence-corrected chi connectivity index (χ1v) is 5.24. The molecule has 0 bridgehead atoms. The van der Waals surface area contributed by atoms with Gasteiger partial charge in [-0.25, -0.2) is 4.39 Å². The Labute approximate surface area is 89.2 Å². The van der Waals surface area contributed by atoms with Crippen molar-refractivity contribution in [1.82, 2.24) is 0 Å². The molecule has 2 atom stereocenters. The minimum atomic E-state index is -0.637. The molecule has 0 aliphatic carbocycles. The molecule has 15 heavy (non-hydrogen) atoms. The number of rotatable bonds is 2. The van der Waals surface area contributed by atoms with Crippen LogP contribution < -0.4 is 5.73 Å². The molecule has 82 valence electrons. The lowest BCUT2D eigenvalue weighted by Crippen LogP contribution is -2.42. The summed E-state index contributed by atoms with van der Waals surface area (Å²) in [5.74, 6) is -0.0243. The Morgan fingerprint density at radius 3 is 2.80 bits per heavy atom. The first-order valence-electron chi connectivity index (χ1n) is 5.24. The summed E-state index contributed by atoms with van der Waals surface area (Å²) >= 11 is 0. The van der Waals surface area contributed by atoms with Gasteiger partial charge in [0.2, 0.25) is 0 Å². The molecular formula is C12H16FNO. The van der Waals surface area contributed by atoms with E-state index >= 15 is 0 Å². The maximum atomic E-state index is 13.6. The number of ether oxygens (including phenoxy) is 1. The molecule has 1 aromatic carbocycles. The second kappa shape index (κ2) is 3.91. The van der Waals surface area contributed by atoms with Gasteiger partial charge in [-0.05, 0) is 19.4 Å². The van der Waals surface area contributed by atoms with E-state index in [0.717, 1.165) is 13.0 Å². The highest BCUT2D eigenvalue weighted by Gasteiger charge is 2.36. The second-order valence-corrected chi connectivity index (χ2v) is 4.32. The van der Waals surface area contributed by atoms with Gasteiger partial charge >= 0.3 is 0 Å². The van der Waals surface area contributed by atoms with Crippen LogP contribution in [0.2, 0.25) is 0 Å². The van der Waals surface area contributed by atoms with E-state index in [2.05, 4.69) is 0 Å². The Kier molecular flexibility index (Phi) is 2.76. The van der Waals surface area contributed by atoms with Crippen LogP contribution >= 0.6 is 0 Å². The third kappa shape index (κ3) is 1.90. The maximum absolute atomic E-state index is 13.6. The summed E-state index contributed by atoms with van der Waals surface area (Å²) < 4.78 is 18.9. The molecule has 1 saturated heterocycles. The number of benzene rings is 1. The smallest absolute Gasteiger partial charge is 0.128 e. The SMILES string of the molecule is C[C@@](N)(c1ccccc1F)C1CCOC1. The fourth-order valence-electron chi connectivity index (χ4n) is 2.13. The summed E-state index contributed by atoms with van der Waals surface area (Å²) in [6.45, 7) is 3.23. The molecule has 0 amide bonds. The highest BCUT2D eigenvalue weighted by Crippen LogP contribution is 2.33. The van der Waals surface area contributed by atoms with Crippen LogP contribution in [0.4, 0.5) is 4.39 Å². The molecule has 1 heterocycles. The molecule has 0 saturated carbocycles. The summed E-state index contributed by atoms with van der Waals surface area (Å²) in [6.07, 6.45) is 0.904. The van der Waals surface area contributed by atoms with Crippen molar-refractivity contribution in [3.63, 3.8) is 0 Å². The number of hydrogen-bond acceptors (Lipinski definition) is 2. The predicted molar refractivity (Wildman–Crippen MR) is 56.9 cm³/mol. The summed E-state index contributed by atoms with van der Waals surface area (Å²) in [4.78, 5) is 0. The van der Waals surface area contributed by atoms with Crippen molar-refractivity contribution in [3.8, 4) is 0 Å². The number of halogens is 1. The average molecular weight is 209 g/mol. The zero-order valence-corrected chi connectivity index (χ0v) is 8.87. The van der Waals surface area contributed by atoms with Crippen LogP contribution in [0.3, 0.4) is 0 Å². The van der Waals surface area contributed by atoms with E-state index in [0.29, 0.717) is 12.2 Å². The van der Waals surface area contributed by atoms with Gasteiger partial charge in [-0.3, -0.25) is 0 Å². The van der Waals surface area contributed by atoms with Crippen LogP contribution in [0.25, 0.3) is 0 Å². The van der Waals surface area contributed by atoms with Crippen LogP contribution in [0.15, 0.2) is 24.3 Å². The molecule has 3 heteroatoms. The van der Waals surface area contributed by atoms with Crippen molar-refractivity contribution in [2.75, 3.05) is 13.2 Å². The van der Waals surface area contributed by atoms with Crippen molar-refractivity contribution >= 4 is 0 Å². The zero-order chi connectivity index (χ0) is 10.9. The van der Waals surface area contributed by atoms with Gasteiger partial charge in [0.1, 0.15) is 5.82 Å². The largest absolute Gasteiger partial charge is 0.381 e. The molecule has 2 N–H and O–H groups in total. The van der Waals surface area contributed by atoms with Crippen LogP contribution in [0.1, 0.15) is 18.9 Å².